The van der Waals surface area contributed by atoms with Gasteiger partial charge in [-0.05, 0) is 30.6 Å². The summed E-state index contributed by atoms with van der Waals surface area (Å²) in [6, 6.07) is 10.1. The van der Waals surface area contributed by atoms with Gasteiger partial charge in [-0.25, -0.2) is 0 Å². The quantitative estimate of drug-likeness (QED) is 0.353. The topological polar surface area (TPSA) is 50.4 Å². The second-order valence-corrected chi connectivity index (χ2v) is 4.30. The number of benzene rings is 1. The molecule has 0 heterocycles. The highest BCUT2D eigenvalue weighted by Crippen LogP contribution is 2.08. The highest BCUT2D eigenvalue weighted by atomic mass is 32.1. The van der Waals surface area contributed by atoms with Crippen LogP contribution in [0.1, 0.15) is 38.2 Å². The van der Waals surface area contributed by atoms with Crippen LogP contribution in [0.4, 0.5) is 0 Å². The predicted octanol–water partition coefficient (Wildman–Crippen LogP) is 2.80. The first-order chi connectivity index (χ1) is 8.24. The van der Waals surface area contributed by atoms with E-state index in [1.54, 1.807) is 0 Å². The molecule has 0 saturated heterocycles. The van der Waals surface area contributed by atoms with Crippen LogP contribution < -0.4 is 11.2 Å². The standard InChI is InChI=1S/C13H19N3S/c1-2-3-5-10-12(15-16-13(14)17)11-8-6-4-7-9-11/h4,6-9H,2-3,5,10H2,1H3,(H3,14,16,17). The lowest BCUT2D eigenvalue weighted by atomic mass is 10.0. The fourth-order valence-electron chi connectivity index (χ4n) is 1.56. The van der Waals surface area contributed by atoms with Gasteiger partial charge in [0.1, 0.15) is 0 Å². The van der Waals surface area contributed by atoms with E-state index in [0.29, 0.717) is 0 Å². The number of hydrogen-bond acceptors (Lipinski definition) is 2. The summed E-state index contributed by atoms with van der Waals surface area (Å²) in [5.74, 6) is 0. The van der Waals surface area contributed by atoms with Crippen LogP contribution in [0, 0.1) is 0 Å². The van der Waals surface area contributed by atoms with E-state index in [4.69, 9.17) is 18.0 Å². The molecule has 0 aromatic heterocycles. The Morgan fingerprint density at radius 2 is 2.00 bits per heavy atom. The summed E-state index contributed by atoms with van der Waals surface area (Å²) >= 11 is 4.76. The van der Waals surface area contributed by atoms with Crippen molar-refractivity contribution in [1.82, 2.24) is 5.43 Å². The lowest BCUT2D eigenvalue weighted by molar-refractivity contribution is 0.739. The van der Waals surface area contributed by atoms with E-state index in [0.717, 1.165) is 24.1 Å². The molecule has 0 spiro atoms. The highest BCUT2D eigenvalue weighted by Gasteiger charge is 2.03. The molecule has 0 atom stereocenters. The smallest absolute Gasteiger partial charge is 0.184 e. The second kappa shape index (κ2) is 7.79. The summed E-state index contributed by atoms with van der Waals surface area (Å²) in [5, 5.41) is 4.47. The molecule has 0 saturated carbocycles. The van der Waals surface area contributed by atoms with Gasteiger partial charge >= 0.3 is 0 Å². The third-order valence-electron chi connectivity index (χ3n) is 2.43. The minimum Gasteiger partial charge on any atom is -0.375 e. The van der Waals surface area contributed by atoms with Crippen molar-refractivity contribution in [2.45, 2.75) is 32.6 Å². The van der Waals surface area contributed by atoms with E-state index >= 15 is 0 Å². The fourth-order valence-corrected chi connectivity index (χ4v) is 1.61. The highest BCUT2D eigenvalue weighted by molar-refractivity contribution is 7.80. The first-order valence-electron chi connectivity index (χ1n) is 5.91. The molecular formula is C13H19N3S. The van der Waals surface area contributed by atoms with Gasteiger partial charge in [0.15, 0.2) is 5.11 Å². The van der Waals surface area contributed by atoms with Crippen molar-refractivity contribution in [2.24, 2.45) is 10.8 Å². The molecule has 4 heteroatoms. The van der Waals surface area contributed by atoms with Crippen LogP contribution in [0.2, 0.25) is 0 Å². The first kappa shape index (κ1) is 13.6. The number of hydrogen-bond donors (Lipinski definition) is 2. The Labute approximate surface area is 108 Å². The van der Waals surface area contributed by atoms with Crippen molar-refractivity contribution in [1.29, 1.82) is 0 Å². The van der Waals surface area contributed by atoms with Crippen LogP contribution >= 0.6 is 12.2 Å². The van der Waals surface area contributed by atoms with Crippen molar-refractivity contribution < 1.29 is 0 Å². The molecule has 1 aromatic rings. The van der Waals surface area contributed by atoms with Gasteiger partial charge in [0.2, 0.25) is 0 Å². The molecule has 92 valence electrons. The molecule has 0 aliphatic rings. The van der Waals surface area contributed by atoms with Crippen LogP contribution in [0.15, 0.2) is 35.4 Å². The third kappa shape index (κ3) is 5.45. The van der Waals surface area contributed by atoms with Crippen molar-refractivity contribution in [3.05, 3.63) is 35.9 Å². The van der Waals surface area contributed by atoms with Gasteiger partial charge in [0.25, 0.3) is 0 Å². The molecule has 1 aromatic carbocycles. The maximum absolute atomic E-state index is 5.39. The van der Waals surface area contributed by atoms with Gasteiger partial charge < -0.3 is 5.73 Å². The fraction of sp³-hybridized carbons (Fsp3) is 0.385. The SMILES string of the molecule is CCCCCC(=NNC(N)=S)c1ccccc1. The maximum Gasteiger partial charge on any atom is 0.184 e. The van der Waals surface area contributed by atoms with Crippen LogP contribution in [0.5, 0.6) is 0 Å². The lowest BCUT2D eigenvalue weighted by Crippen LogP contribution is -2.25. The van der Waals surface area contributed by atoms with Gasteiger partial charge in [0.05, 0.1) is 5.71 Å². The summed E-state index contributed by atoms with van der Waals surface area (Å²) in [6.07, 6.45) is 4.47. The molecule has 0 aliphatic carbocycles. The molecule has 0 aliphatic heterocycles. The molecule has 0 fully saturated rings. The van der Waals surface area contributed by atoms with Gasteiger partial charge in [-0.1, -0.05) is 50.1 Å². The van der Waals surface area contributed by atoms with Gasteiger partial charge in [-0.3, -0.25) is 5.43 Å². The molecule has 0 bridgehead atoms. The Hall–Kier alpha value is -1.42. The molecular weight excluding hydrogens is 230 g/mol. The minimum absolute atomic E-state index is 0.203. The van der Waals surface area contributed by atoms with Crippen LogP contribution in [0.25, 0.3) is 0 Å². The van der Waals surface area contributed by atoms with Crippen LogP contribution in [0.3, 0.4) is 0 Å². The Bertz CT molecular complexity index is 374. The van der Waals surface area contributed by atoms with Crippen LogP contribution in [-0.4, -0.2) is 10.8 Å². The Morgan fingerprint density at radius 1 is 1.29 bits per heavy atom. The lowest BCUT2D eigenvalue weighted by Gasteiger charge is -2.07. The van der Waals surface area contributed by atoms with Crippen molar-refractivity contribution in [2.75, 3.05) is 0 Å². The summed E-state index contributed by atoms with van der Waals surface area (Å²) in [5.41, 5.74) is 10.2. The molecule has 3 nitrogen and oxygen atoms in total. The van der Waals surface area contributed by atoms with E-state index in [-0.39, 0.29) is 5.11 Å². The normalized spacial score (nSPS) is 11.2. The summed E-state index contributed by atoms with van der Waals surface area (Å²) in [4.78, 5) is 0. The maximum atomic E-state index is 5.39. The minimum atomic E-state index is 0.203. The van der Waals surface area contributed by atoms with Crippen LogP contribution in [-0.2, 0) is 0 Å². The Balaban J connectivity index is 2.72. The molecule has 0 radical (unpaired) electrons. The van der Waals surface area contributed by atoms with Gasteiger partial charge in [-0.2, -0.15) is 5.10 Å². The third-order valence-corrected chi connectivity index (χ3v) is 2.52. The molecule has 17 heavy (non-hydrogen) atoms. The number of hydrazone groups is 1. The van der Waals surface area contributed by atoms with Gasteiger partial charge in [0, 0.05) is 0 Å². The van der Waals surface area contributed by atoms with E-state index in [9.17, 15) is 0 Å². The number of nitrogens with zero attached hydrogens (tertiary/aromatic N) is 1. The molecule has 1 rings (SSSR count). The molecule has 0 unspecified atom stereocenters. The Morgan fingerprint density at radius 3 is 2.59 bits per heavy atom. The average molecular weight is 249 g/mol. The van der Waals surface area contributed by atoms with Gasteiger partial charge in [-0.15, -0.1) is 0 Å². The second-order valence-electron chi connectivity index (χ2n) is 3.86. The summed E-state index contributed by atoms with van der Waals surface area (Å²) in [7, 11) is 0. The Kier molecular flexibility index (Phi) is 6.25. The number of unbranched alkanes of at least 4 members (excludes halogenated alkanes) is 2. The van der Waals surface area contributed by atoms with Crippen molar-refractivity contribution >= 4 is 23.0 Å². The van der Waals surface area contributed by atoms with E-state index in [1.165, 1.54) is 12.8 Å². The molecule has 3 N–H and O–H groups in total. The van der Waals surface area contributed by atoms with E-state index in [2.05, 4.69) is 17.5 Å². The zero-order valence-corrected chi connectivity index (χ0v) is 11.0. The number of nitrogens with two attached hydrogens (primary N) is 1. The summed E-state index contributed by atoms with van der Waals surface area (Å²) in [6.45, 7) is 2.19. The largest absolute Gasteiger partial charge is 0.375 e. The first-order valence-corrected chi connectivity index (χ1v) is 6.32. The van der Waals surface area contributed by atoms with Crippen molar-refractivity contribution in [3.63, 3.8) is 0 Å². The van der Waals surface area contributed by atoms with E-state index in [1.807, 2.05) is 30.3 Å². The van der Waals surface area contributed by atoms with E-state index < -0.39 is 0 Å². The number of nitrogens with one attached hydrogen (secondary N) is 1. The predicted molar refractivity (Wildman–Crippen MR) is 77.0 cm³/mol. The zero-order valence-electron chi connectivity index (χ0n) is 10.1. The zero-order chi connectivity index (χ0) is 12.5. The molecule has 0 amide bonds. The number of rotatable bonds is 6. The number of thiocarbonyl (C=S) groups is 1. The van der Waals surface area contributed by atoms with Crippen molar-refractivity contribution in [3.8, 4) is 0 Å². The monoisotopic (exact) mass is 249 g/mol. The summed E-state index contributed by atoms with van der Waals surface area (Å²) < 4.78 is 0. The average Bonchev–Trinajstić information content (AvgIpc) is 2.34.